The molecule has 0 bridgehead atoms. The molecular weight excluding hydrogens is 517 g/mol. The minimum absolute atomic E-state index is 0.0269. The molecule has 13 heteroatoms. The first-order valence-corrected chi connectivity index (χ1v) is 12.1. The van der Waals surface area contributed by atoms with E-state index in [4.69, 9.17) is 0 Å². The van der Waals surface area contributed by atoms with Crippen molar-refractivity contribution in [1.82, 2.24) is 19.7 Å². The summed E-state index contributed by atoms with van der Waals surface area (Å²) in [5.74, 6) is -1.80. The Kier molecular flexibility index (Phi) is 7.71. The largest absolute Gasteiger partial charge is 0.435 e. The molecule has 1 aliphatic heterocycles. The van der Waals surface area contributed by atoms with E-state index < -0.39 is 23.5 Å². The zero-order valence-corrected chi connectivity index (χ0v) is 20.4. The van der Waals surface area contributed by atoms with Crippen LogP contribution in [0.25, 0.3) is 6.08 Å². The number of carbonyl (C=O) groups is 1. The average Bonchev–Trinajstić information content (AvgIpc) is 3.48. The minimum Gasteiger partial charge on any atom is -0.410 e. The number of rotatable bonds is 6. The van der Waals surface area contributed by atoms with Gasteiger partial charge < -0.3 is 10.1 Å². The lowest BCUT2D eigenvalue weighted by Gasteiger charge is -2.31. The Morgan fingerprint density at radius 1 is 1.24 bits per heavy atom. The maximum atomic E-state index is 13.8. The zero-order chi connectivity index (χ0) is 26.7. The summed E-state index contributed by atoms with van der Waals surface area (Å²) in [6.07, 6.45) is -0.960. The molecule has 4 rings (SSSR count). The topological polar surface area (TPSA) is 83.6 Å². The van der Waals surface area contributed by atoms with Gasteiger partial charge in [0, 0.05) is 35.6 Å². The van der Waals surface area contributed by atoms with Crippen molar-refractivity contribution in [2.45, 2.75) is 38.4 Å². The lowest BCUT2D eigenvalue weighted by molar-refractivity contribution is -0.142. The van der Waals surface area contributed by atoms with Crippen LogP contribution in [0.2, 0.25) is 0 Å². The van der Waals surface area contributed by atoms with Crippen LogP contribution in [-0.2, 0) is 17.5 Å². The van der Waals surface area contributed by atoms with Gasteiger partial charge in [0.25, 0.3) is 0 Å². The molecule has 1 amide bonds. The molecule has 0 unspecified atom stereocenters. The zero-order valence-electron chi connectivity index (χ0n) is 19.5. The smallest absolute Gasteiger partial charge is 0.410 e. The molecule has 1 aromatic carbocycles. The summed E-state index contributed by atoms with van der Waals surface area (Å²) in [4.78, 5) is 18.7. The van der Waals surface area contributed by atoms with Gasteiger partial charge in [0.1, 0.15) is 29.6 Å². The molecule has 1 N–H and O–H groups in total. The molecule has 1 fully saturated rings. The van der Waals surface area contributed by atoms with Crippen LogP contribution in [0, 0.1) is 18.6 Å². The number of aromatic nitrogens is 3. The van der Waals surface area contributed by atoms with Gasteiger partial charge in [0.05, 0.1) is 5.01 Å². The van der Waals surface area contributed by atoms with Crippen LogP contribution < -0.4 is 0 Å². The van der Waals surface area contributed by atoms with Gasteiger partial charge in [-0.05, 0) is 50.1 Å². The summed E-state index contributed by atoms with van der Waals surface area (Å²) >= 11 is 1.34. The van der Waals surface area contributed by atoms with Crippen molar-refractivity contribution in [3.63, 3.8) is 0 Å². The summed E-state index contributed by atoms with van der Waals surface area (Å²) in [6, 6.07) is 4.39. The van der Waals surface area contributed by atoms with Crippen LogP contribution in [0.5, 0.6) is 0 Å². The van der Waals surface area contributed by atoms with E-state index >= 15 is 0 Å². The number of amides is 1. The molecule has 0 atom stereocenters. The fourth-order valence-electron chi connectivity index (χ4n) is 4.01. The molecule has 0 saturated carbocycles. The normalized spacial score (nSPS) is 15.6. The van der Waals surface area contributed by atoms with Gasteiger partial charge in [0.2, 0.25) is 5.91 Å². The number of likely N-dealkylation sites (tertiary alicyclic amines) is 1. The third kappa shape index (κ3) is 6.04. The molecular formula is C24H22F5N5O2S. The fourth-order valence-corrected chi connectivity index (χ4v) is 4.99. The molecule has 1 saturated heterocycles. The van der Waals surface area contributed by atoms with Crippen LogP contribution in [-0.4, -0.2) is 49.6 Å². The Morgan fingerprint density at radius 2 is 1.92 bits per heavy atom. The van der Waals surface area contributed by atoms with Gasteiger partial charge in [-0.15, -0.1) is 11.3 Å². The quantitative estimate of drug-likeness (QED) is 0.201. The lowest BCUT2D eigenvalue weighted by Crippen LogP contribution is -2.40. The maximum absolute atomic E-state index is 13.8. The Balaban J connectivity index is 1.36. The van der Waals surface area contributed by atoms with Crippen LogP contribution in [0.4, 0.5) is 22.0 Å². The number of halogens is 5. The van der Waals surface area contributed by atoms with Crippen molar-refractivity contribution in [3.05, 3.63) is 75.0 Å². The summed E-state index contributed by atoms with van der Waals surface area (Å²) in [5.41, 5.74) is -0.680. The minimum atomic E-state index is -4.58. The van der Waals surface area contributed by atoms with Crippen molar-refractivity contribution in [2.75, 3.05) is 13.1 Å². The van der Waals surface area contributed by atoms with Crippen LogP contribution in [0.1, 0.15) is 46.4 Å². The van der Waals surface area contributed by atoms with Gasteiger partial charge in [-0.1, -0.05) is 11.2 Å². The molecule has 0 aliphatic carbocycles. The lowest BCUT2D eigenvalue weighted by atomic mass is 9.97. The highest BCUT2D eigenvalue weighted by Crippen LogP contribution is 2.31. The Hall–Kier alpha value is -3.61. The highest BCUT2D eigenvalue weighted by molar-refractivity contribution is 7.10. The van der Waals surface area contributed by atoms with Crippen molar-refractivity contribution in [2.24, 2.45) is 5.16 Å². The first-order chi connectivity index (χ1) is 17.6. The highest BCUT2D eigenvalue weighted by Gasteiger charge is 2.35. The molecule has 3 aromatic rings. The fraction of sp³-hybridized carbons (Fsp3) is 0.333. The number of carbonyl (C=O) groups excluding carboxylic acids is 1. The standard InChI is InChI=1S/C24H22F5N5O2S/c1-14-11-21(24(27,28)29)31-34(14)12-22(35)33-9-7-15(8-10-33)23-30-20(13-37-23)19(32-36)6-5-16-17(25)3-2-4-18(16)26/h2-6,11,13,15,36H,7-10,12H2,1H3/b6-5+,32-19+. The van der Waals surface area contributed by atoms with Gasteiger partial charge in [0.15, 0.2) is 5.69 Å². The molecule has 196 valence electrons. The predicted octanol–water partition coefficient (Wildman–Crippen LogP) is 5.24. The van der Waals surface area contributed by atoms with E-state index in [1.807, 2.05) is 0 Å². The number of hydrogen-bond acceptors (Lipinski definition) is 6. The molecule has 7 nitrogen and oxygen atoms in total. The maximum Gasteiger partial charge on any atom is 0.435 e. The van der Waals surface area contributed by atoms with Crippen molar-refractivity contribution in [1.29, 1.82) is 0 Å². The molecule has 2 aromatic heterocycles. The molecule has 0 spiro atoms. The van der Waals surface area contributed by atoms with Crippen LogP contribution in [0.3, 0.4) is 0 Å². The molecule has 37 heavy (non-hydrogen) atoms. The number of hydrogen-bond donors (Lipinski definition) is 1. The van der Waals surface area contributed by atoms with E-state index in [1.54, 1.807) is 10.3 Å². The number of alkyl halides is 3. The molecule has 3 heterocycles. The van der Waals surface area contributed by atoms with E-state index in [0.717, 1.165) is 27.9 Å². The second-order valence-corrected chi connectivity index (χ2v) is 9.40. The monoisotopic (exact) mass is 539 g/mol. The first-order valence-electron chi connectivity index (χ1n) is 11.3. The summed E-state index contributed by atoms with van der Waals surface area (Å²) in [5, 5.41) is 18.5. The number of nitrogens with zero attached hydrogens (tertiary/aromatic N) is 5. The average molecular weight is 540 g/mol. The van der Waals surface area contributed by atoms with Crippen molar-refractivity contribution < 1.29 is 32.0 Å². The van der Waals surface area contributed by atoms with E-state index in [2.05, 4.69) is 15.2 Å². The first kappa shape index (κ1) is 26.5. The summed E-state index contributed by atoms with van der Waals surface area (Å²) < 4.78 is 67.4. The van der Waals surface area contributed by atoms with E-state index in [-0.39, 0.29) is 35.3 Å². The third-order valence-corrected chi connectivity index (χ3v) is 7.06. The number of oxime groups is 1. The summed E-state index contributed by atoms with van der Waals surface area (Å²) in [6.45, 7) is 1.99. The third-order valence-electron chi connectivity index (χ3n) is 6.05. The number of piperidine rings is 1. The SMILES string of the molecule is Cc1cc(C(F)(F)F)nn1CC(=O)N1CCC(c2nc(C(/C=C/c3c(F)cccc3F)=N/O)cs2)CC1. The highest BCUT2D eigenvalue weighted by atomic mass is 32.1. The molecule has 1 aliphatic rings. The van der Waals surface area contributed by atoms with Crippen molar-refractivity contribution in [3.8, 4) is 0 Å². The van der Waals surface area contributed by atoms with Gasteiger partial charge >= 0.3 is 6.18 Å². The predicted molar refractivity (Wildman–Crippen MR) is 126 cm³/mol. The number of thiazole rings is 1. The van der Waals surface area contributed by atoms with Crippen molar-refractivity contribution >= 4 is 29.0 Å². The Morgan fingerprint density at radius 3 is 2.51 bits per heavy atom. The van der Waals surface area contributed by atoms with E-state index in [1.165, 1.54) is 36.5 Å². The number of aryl methyl sites for hydroxylation is 1. The summed E-state index contributed by atoms with van der Waals surface area (Å²) in [7, 11) is 0. The number of allylic oxidation sites excluding steroid dienone is 1. The second kappa shape index (κ2) is 10.8. The van der Waals surface area contributed by atoms with E-state index in [0.29, 0.717) is 31.6 Å². The van der Waals surface area contributed by atoms with Gasteiger partial charge in [-0.2, -0.15) is 18.3 Å². The van der Waals surface area contributed by atoms with Crippen LogP contribution in [0.15, 0.2) is 40.9 Å². The number of benzene rings is 1. The Labute approximate surface area is 212 Å². The van der Waals surface area contributed by atoms with Crippen LogP contribution >= 0.6 is 11.3 Å². The Bertz CT molecular complexity index is 1320. The van der Waals surface area contributed by atoms with E-state index in [9.17, 15) is 32.0 Å². The molecule has 0 radical (unpaired) electrons. The second-order valence-electron chi connectivity index (χ2n) is 8.51. The van der Waals surface area contributed by atoms with Gasteiger partial charge in [-0.25, -0.2) is 13.8 Å². The van der Waals surface area contributed by atoms with Gasteiger partial charge in [-0.3, -0.25) is 9.48 Å².